The van der Waals surface area contributed by atoms with E-state index in [2.05, 4.69) is 5.32 Å². The number of carbonyl (C=O) groups is 1. The van der Waals surface area contributed by atoms with Crippen LogP contribution in [0, 0.1) is 5.41 Å². The van der Waals surface area contributed by atoms with E-state index in [1.807, 2.05) is 5.87 Å². The molecule has 1 aromatic rings. The van der Waals surface area contributed by atoms with Crippen molar-refractivity contribution in [3.8, 4) is 0 Å². The minimum Gasteiger partial charge on any atom is -0.462 e. The first kappa shape index (κ1) is 14.4. The molecule has 0 amide bonds. The number of thiocarbonyl (C=S) groups is 1. The van der Waals surface area contributed by atoms with Gasteiger partial charge in [0.05, 0.1) is 6.61 Å². The fourth-order valence-corrected chi connectivity index (χ4v) is 1.51. The van der Waals surface area contributed by atoms with Crippen LogP contribution in [-0.4, -0.2) is 23.4 Å². The van der Waals surface area contributed by atoms with Crippen LogP contribution in [0.5, 0.6) is 0 Å². The van der Waals surface area contributed by atoms with Gasteiger partial charge in [0, 0.05) is 10.7 Å². The van der Waals surface area contributed by atoms with E-state index in [1.165, 1.54) is 0 Å². The minimum absolute atomic E-state index is 0.0887. The van der Waals surface area contributed by atoms with Gasteiger partial charge in [-0.1, -0.05) is 23.8 Å². The Morgan fingerprint density at radius 2 is 2.11 bits per heavy atom. The Hall–Kier alpha value is -1.68. The highest BCUT2D eigenvalue weighted by Crippen LogP contribution is 2.14. The highest BCUT2D eigenvalue weighted by atomic mass is 35.5. The first-order valence-electron chi connectivity index (χ1n) is 5.12. The number of carbonyl (C=O) groups excluding carboxylic acids is 1. The first-order chi connectivity index (χ1) is 8.58. The van der Waals surface area contributed by atoms with Gasteiger partial charge in [0.1, 0.15) is 4.99 Å². The molecule has 0 fully saturated rings. The van der Waals surface area contributed by atoms with Gasteiger partial charge >= 0.3 is 5.97 Å². The topological polar surface area (TPSA) is 62.2 Å². The lowest BCUT2D eigenvalue weighted by Crippen LogP contribution is -2.21. The van der Waals surface area contributed by atoms with Crippen LogP contribution in [0.25, 0.3) is 0 Å². The molecule has 4 nitrogen and oxygen atoms in total. The minimum atomic E-state index is -0.668. The zero-order valence-corrected chi connectivity index (χ0v) is 11.2. The molecular formula is C12H11ClN2O2S. The monoisotopic (exact) mass is 282 g/mol. The zero-order chi connectivity index (χ0) is 13.5. The van der Waals surface area contributed by atoms with Crippen molar-refractivity contribution in [1.82, 2.24) is 0 Å². The molecule has 2 N–H and O–H groups in total. The van der Waals surface area contributed by atoms with Gasteiger partial charge in [0.25, 0.3) is 0 Å². The summed E-state index contributed by atoms with van der Waals surface area (Å²) in [5.41, 5.74) is 0.559. The predicted octanol–water partition coefficient (Wildman–Crippen LogP) is 2.82. The molecule has 0 aliphatic carbocycles. The summed E-state index contributed by atoms with van der Waals surface area (Å²) in [6.07, 6.45) is 0. The molecule has 6 heteroatoms. The second-order valence-electron chi connectivity index (χ2n) is 3.18. The molecule has 0 aliphatic heterocycles. The highest BCUT2D eigenvalue weighted by Gasteiger charge is 2.16. The Morgan fingerprint density at radius 1 is 1.50 bits per heavy atom. The van der Waals surface area contributed by atoms with Crippen molar-refractivity contribution in [2.45, 2.75) is 6.92 Å². The van der Waals surface area contributed by atoms with Crippen LogP contribution in [0.3, 0.4) is 0 Å². The van der Waals surface area contributed by atoms with Crippen molar-refractivity contribution >= 4 is 46.3 Å². The van der Waals surface area contributed by atoms with Crippen LogP contribution < -0.4 is 5.32 Å². The number of nitrogens with one attached hydrogen (secondary N) is 2. The van der Waals surface area contributed by atoms with Crippen LogP contribution in [0.2, 0.25) is 5.02 Å². The van der Waals surface area contributed by atoms with Gasteiger partial charge in [-0.2, -0.15) is 0 Å². The van der Waals surface area contributed by atoms with Gasteiger partial charge in [-0.05, 0) is 37.1 Å². The number of hydrogen-bond donors (Lipinski definition) is 2. The number of rotatable bonds is 4. The molecular weight excluding hydrogens is 272 g/mol. The summed E-state index contributed by atoms with van der Waals surface area (Å²) >= 11 is 10.8. The van der Waals surface area contributed by atoms with E-state index in [9.17, 15) is 4.79 Å². The number of hydrogen-bond acceptors (Lipinski definition) is 4. The van der Waals surface area contributed by atoms with Crippen LogP contribution in [0.4, 0.5) is 5.69 Å². The van der Waals surface area contributed by atoms with Crippen LogP contribution in [0.15, 0.2) is 29.8 Å². The van der Waals surface area contributed by atoms with Gasteiger partial charge in [-0.3, -0.25) is 5.41 Å². The van der Waals surface area contributed by atoms with Crippen molar-refractivity contribution in [3.05, 3.63) is 34.9 Å². The second-order valence-corrected chi connectivity index (χ2v) is 4.03. The standard InChI is InChI=1S/C12H11ClN2O2S/c1-2-17-12(16)10(7-14)11(18)15-9-5-3-8(13)4-6-9/h3-6,14H,2H2,1H3,(H,15,18). The molecule has 18 heavy (non-hydrogen) atoms. The molecule has 1 rings (SSSR count). The van der Waals surface area contributed by atoms with Crippen LogP contribution in [0.1, 0.15) is 6.92 Å². The molecule has 0 aliphatic rings. The van der Waals surface area contributed by atoms with E-state index in [0.717, 1.165) is 0 Å². The van der Waals surface area contributed by atoms with Gasteiger partial charge in [0.15, 0.2) is 5.57 Å². The number of halogens is 1. The molecule has 94 valence electrons. The Morgan fingerprint density at radius 3 is 2.61 bits per heavy atom. The average molecular weight is 283 g/mol. The number of anilines is 1. The Balaban J connectivity index is 2.78. The van der Waals surface area contributed by atoms with E-state index < -0.39 is 5.97 Å². The highest BCUT2D eigenvalue weighted by molar-refractivity contribution is 7.81. The number of benzene rings is 1. The Bertz CT molecular complexity index is 507. The fourth-order valence-electron chi connectivity index (χ4n) is 1.13. The van der Waals surface area contributed by atoms with Crippen molar-refractivity contribution in [1.29, 1.82) is 5.41 Å². The van der Waals surface area contributed by atoms with Gasteiger partial charge in [-0.15, -0.1) is 0 Å². The third-order valence-electron chi connectivity index (χ3n) is 1.93. The van der Waals surface area contributed by atoms with E-state index in [1.54, 1.807) is 31.2 Å². The molecule has 0 saturated heterocycles. The summed E-state index contributed by atoms with van der Waals surface area (Å²) in [6, 6.07) is 6.79. The van der Waals surface area contributed by atoms with Gasteiger partial charge in [-0.25, -0.2) is 4.79 Å². The normalized spacial score (nSPS) is 9.22. The van der Waals surface area contributed by atoms with Gasteiger partial charge in [0.2, 0.25) is 0 Å². The maximum absolute atomic E-state index is 11.5. The number of ether oxygens (including phenoxy) is 1. The van der Waals surface area contributed by atoms with E-state index in [4.69, 9.17) is 34.0 Å². The fraction of sp³-hybridized carbons (Fsp3) is 0.167. The smallest absolute Gasteiger partial charge is 0.350 e. The predicted molar refractivity (Wildman–Crippen MR) is 75.5 cm³/mol. The molecule has 0 saturated carbocycles. The zero-order valence-electron chi connectivity index (χ0n) is 9.62. The second kappa shape index (κ2) is 6.91. The van der Waals surface area contributed by atoms with E-state index in [0.29, 0.717) is 10.7 Å². The molecule has 1 aromatic carbocycles. The van der Waals surface area contributed by atoms with Crippen molar-refractivity contribution in [2.75, 3.05) is 11.9 Å². The quantitative estimate of drug-likeness (QED) is 0.386. The maximum Gasteiger partial charge on any atom is 0.350 e. The van der Waals surface area contributed by atoms with Crippen molar-refractivity contribution in [3.63, 3.8) is 0 Å². The lowest BCUT2D eigenvalue weighted by atomic mass is 10.2. The summed E-state index contributed by atoms with van der Waals surface area (Å²) in [5.74, 6) is 1.31. The Kier molecular flexibility index (Phi) is 5.52. The molecule has 0 heterocycles. The summed E-state index contributed by atoms with van der Waals surface area (Å²) in [4.78, 5) is 11.6. The largest absolute Gasteiger partial charge is 0.462 e. The molecule has 0 aromatic heterocycles. The lowest BCUT2D eigenvalue weighted by Gasteiger charge is -2.08. The molecule has 0 bridgehead atoms. The molecule has 0 spiro atoms. The molecule has 0 radical (unpaired) electrons. The molecule has 0 atom stereocenters. The summed E-state index contributed by atoms with van der Waals surface area (Å²) in [6.45, 7) is 1.89. The maximum atomic E-state index is 11.5. The summed E-state index contributed by atoms with van der Waals surface area (Å²) in [5, 5.41) is 10.5. The van der Waals surface area contributed by atoms with Crippen LogP contribution in [-0.2, 0) is 9.53 Å². The van der Waals surface area contributed by atoms with Gasteiger partial charge < -0.3 is 10.1 Å². The van der Waals surface area contributed by atoms with Crippen molar-refractivity contribution < 1.29 is 9.53 Å². The lowest BCUT2D eigenvalue weighted by molar-refractivity contribution is -0.137. The SMILES string of the molecule is CCOC(=O)C(=C=N)C(=S)Nc1ccc(Cl)cc1. The van der Waals surface area contributed by atoms with E-state index in [-0.39, 0.29) is 17.2 Å². The summed E-state index contributed by atoms with van der Waals surface area (Å²) in [7, 11) is 0. The summed E-state index contributed by atoms with van der Waals surface area (Å²) < 4.78 is 4.77. The number of esters is 1. The van der Waals surface area contributed by atoms with Crippen molar-refractivity contribution in [2.24, 2.45) is 0 Å². The van der Waals surface area contributed by atoms with Crippen LogP contribution >= 0.6 is 23.8 Å². The Labute approximate surface area is 115 Å². The van der Waals surface area contributed by atoms with E-state index >= 15 is 0 Å². The third-order valence-corrected chi connectivity index (χ3v) is 2.49. The average Bonchev–Trinajstić information content (AvgIpc) is 2.33. The molecule has 0 unspecified atom stereocenters. The first-order valence-corrected chi connectivity index (χ1v) is 5.90. The third kappa shape index (κ3) is 3.96.